The zero-order chi connectivity index (χ0) is 14.9. The summed E-state index contributed by atoms with van der Waals surface area (Å²) in [4.78, 5) is 10.5. The highest BCUT2D eigenvalue weighted by molar-refractivity contribution is 6.09. The van der Waals surface area contributed by atoms with Crippen LogP contribution in [0.1, 0.15) is 0 Å². The summed E-state index contributed by atoms with van der Waals surface area (Å²) in [5.74, 6) is 0. The minimum Gasteiger partial charge on any atom is -0.455 e. The average Bonchev–Trinajstić information content (AvgIpc) is 2.95. The molecule has 4 rings (SSSR count). The van der Waals surface area contributed by atoms with Crippen LogP contribution in [0.15, 0.2) is 71.1 Å². The van der Waals surface area contributed by atoms with Crippen LogP contribution in [0, 0.1) is 0 Å². The monoisotopic (exact) mass is 287 g/mol. The number of nitrogens with one attached hydrogen (secondary N) is 1. The molecule has 0 bridgehead atoms. The van der Waals surface area contributed by atoms with Gasteiger partial charge in [0, 0.05) is 22.0 Å². The topological polar surface area (TPSA) is 42.2 Å². The van der Waals surface area contributed by atoms with E-state index in [9.17, 15) is 4.79 Å². The molecule has 3 heteroatoms. The predicted molar refractivity (Wildman–Crippen MR) is 88.8 cm³/mol. The third kappa shape index (κ3) is 1.95. The molecule has 1 amide bonds. The Bertz CT molecular complexity index is 968. The molecule has 0 unspecified atom stereocenters. The number of amides is 1. The summed E-state index contributed by atoms with van der Waals surface area (Å²) in [6.45, 7) is 0. The van der Waals surface area contributed by atoms with Crippen LogP contribution in [-0.4, -0.2) is 6.41 Å². The molecule has 0 spiro atoms. The standard InChI is InChI=1S/C19H13NO2/c21-12-20-14-10-8-13(9-11-14)15-5-3-6-17-16-4-1-2-7-18(16)22-19(15)17/h1-12H,(H,20,21). The number of fused-ring (bicyclic) bond motifs is 3. The quantitative estimate of drug-likeness (QED) is 0.549. The maximum Gasteiger partial charge on any atom is 0.211 e. The third-order valence-corrected chi connectivity index (χ3v) is 3.83. The van der Waals surface area contributed by atoms with E-state index < -0.39 is 0 Å². The number of benzene rings is 3. The molecule has 0 saturated carbocycles. The van der Waals surface area contributed by atoms with Gasteiger partial charge in [-0.05, 0) is 23.8 Å². The Balaban J connectivity index is 1.92. The molecule has 1 N–H and O–H groups in total. The van der Waals surface area contributed by atoms with Gasteiger partial charge in [-0.15, -0.1) is 0 Å². The highest BCUT2D eigenvalue weighted by Gasteiger charge is 2.11. The molecule has 0 radical (unpaired) electrons. The fraction of sp³-hybridized carbons (Fsp3) is 0. The zero-order valence-corrected chi connectivity index (χ0v) is 11.7. The van der Waals surface area contributed by atoms with E-state index in [1.165, 1.54) is 0 Å². The summed E-state index contributed by atoms with van der Waals surface area (Å²) in [7, 11) is 0. The maximum atomic E-state index is 10.5. The molecule has 0 atom stereocenters. The normalized spacial score (nSPS) is 10.9. The van der Waals surface area contributed by atoms with E-state index >= 15 is 0 Å². The van der Waals surface area contributed by atoms with E-state index in [2.05, 4.69) is 17.4 Å². The minimum absolute atomic E-state index is 0.676. The molecule has 0 aliphatic rings. The molecular formula is C19H13NO2. The Kier molecular flexibility index (Phi) is 2.90. The molecule has 1 heterocycles. The second-order valence-electron chi connectivity index (χ2n) is 5.12. The first-order chi connectivity index (χ1) is 10.9. The van der Waals surface area contributed by atoms with Crippen molar-refractivity contribution in [3.8, 4) is 11.1 Å². The van der Waals surface area contributed by atoms with Gasteiger partial charge in [0.2, 0.25) is 6.41 Å². The summed E-state index contributed by atoms with van der Waals surface area (Å²) < 4.78 is 6.04. The Morgan fingerprint density at radius 1 is 0.818 bits per heavy atom. The number of hydrogen-bond acceptors (Lipinski definition) is 2. The van der Waals surface area contributed by atoms with E-state index in [-0.39, 0.29) is 0 Å². The highest BCUT2D eigenvalue weighted by atomic mass is 16.3. The fourth-order valence-corrected chi connectivity index (χ4v) is 2.79. The number of hydrogen-bond donors (Lipinski definition) is 1. The zero-order valence-electron chi connectivity index (χ0n) is 11.7. The smallest absolute Gasteiger partial charge is 0.211 e. The van der Waals surface area contributed by atoms with Crippen LogP contribution in [0.3, 0.4) is 0 Å². The first-order valence-electron chi connectivity index (χ1n) is 7.08. The van der Waals surface area contributed by atoms with Crippen molar-refractivity contribution in [2.45, 2.75) is 0 Å². The SMILES string of the molecule is O=CNc1ccc(-c2cccc3c2oc2ccccc23)cc1. The molecule has 3 aromatic carbocycles. The summed E-state index contributed by atoms with van der Waals surface area (Å²) in [6.07, 6.45) is 0.676. The minimum atomic E-state index is 0.676. The molecule has 106 valence electrons. The van der Waals surface area contributed by atoms with Crippen LogP contribution in [0.5, 0.6) is 0 Å². The Hall–Kier alpha value is -3.07. The van der Waals surface area contributed by atoms with Crippen LogP contribution in [0.25, 0.3) is 33.1 Å². The van der Waals surface area contributed by atoms with Crippen molar-refractivity contribution in [1.29, 1.82) is 0 Å². The van der Waals surface area contributed by atoms with Gasteiger partial charge in [-0.2, -0.15) is 0 Å². The largest absolute Gasteiger partial charge is 0.455 e. The lowest BCUT2D eigenvalue weighted by Gasteiger charge is -2.04. The van der Waals surface area contributed by atoms with Crippen molar-refractivity contribution in [3.63, 3.8) is 0 Å². The number of carbonyl (C=O) groups excluding carboxylic acids is 1. The van der Waals surface area contributed by atoms with Gasteiger partial charge in [0.15, 0.2) is 0 Å². The van der Waals surface area contributed by atoms with Gasteiger partial charge in [-0.3, -0.25) is 4.79 Å². The second-order valence-corrected chi connectivity index (χ2v) is 5.12. The molecule has 0 fully saturated rings. The lowest BCUT2D eigenvalue weighted by atomic mass is 10.0. The van der Waals surface area contributed by atoms with E-state index in [1.807, 2.05) is 54.6 Å². The van der Waals surface area contributed by atoms with Crippen molar-refractivity contribution >= 4 is 34.0 Å². The Morgan fingerprint density at radius 2 is 1.59 bits per heavy atom. The molecule has 3 nitrogen and oxygen atoms in total. The van der Waals surface area contributed by atoms with E-state index in [4.69, 9.17) is 4.42 Å². The molecular weight excluding hydrogens is 274 g/mol. The van der Waals surface area contributed by atoms with Crippen LogP contribution in [0.4, 0.5) is 5.69 Å². The van der Waals surface area contributed by atoms with E-state index in [0.717, 1.165) is 38.8 Å². The summed E-state index contributed by atoms with van der Waals surface area (Å²) >= 11 is 0. The number of rotatable bonds is 3. The molecule has 1 aromatic heterocycles. The first kappa shape index (κ1) is 12.7. The van der Waals surface area contributed by atoms with Gasteiger partial charge < -0.3 is 9.73 Å². The van der Waals surface area contributed by atoms with Crippen LogP contribution in [-0.2, 0) is 4.79 Å². The van der Waals surface area contributed by atoms with Crippen LogP contribution >= 0.6 is 0 Å². The van der Waals surface area contributed by atoms with Gasteiger partial charge >= 0.3 is 0 Å². The highest BCUT2D eigenvalue weighted by Crippen LogP contribution is 2.35. The molecule has 22 heavy (non-hydrogen) atoms. The Morgan fingerprint density at radius 3 is 2.41 bits per heavy atom. The lowest BCUT2D eigenvalue weighted by Crippen LogP contribution is -1.92. The molecule has 0 aliphatic heterocycles. The number of anilines is 1. The molecule has 0 aliphatic carbocycles. The second kappa shape index (κ2) is 5.04. The van der Waals surface area contributed by atoms with Gasteiger partial charge in [0.05, 0.1) is 0 Å². The maximum absolute atomic E-state index is 10.5. The van der Waals surface area contributed by atoms with Crippen molar-refractivity contribution in [2.75, 3.05) is 5.32 Å². The van der Waals surface area contributed by atoms with Crippen molar-refractivity contribution in [3.05, 3.63) is 66.7 Å². The lowest BCUT2D eigenvalue weighted by molar-refractivity contribution is -0.105. The predicted octanol–water partition coefficient (Wildman–Crippen LogP) is 4.82. The van der Waals surface area contributed by atoms with E-state index in [0.29, 0.717) is 6.41 Å². The number of furan rings is 1. The van der Waals surface area contributed by atoms with Gasteiger partial charge in [0.25, 0.3) is 0 Å². The van der Waals surface area contributed by atoms with Crippen molar-refractivity contribution < 1.29 is 9.21 Å². The molecule has 0 saturated heterocycles. The number of para-hydroxylation sites is 2. The van der Waals surface area contributed by atoms with Crippen LogP contribution in [0.2, 0.25) is 0 Å². The van der Waals surface area contributed by atoms with Crippen LogP contribution < -0.4 is 5.32 Å². The van der Waals surface area contributed by atoms with Crippen molar-refractivity contribution in [2.24, 2.45) is 0 Å². The fourth-order valence-electron chi connectivity index (χ4n) is 2.79. The van der Waals surface area contributed by atoms with Crippen molar-refractivity contribution in [1.82, 2.24) is 0 Å². The summed E-state index contributed by atoms with van der Waals surface area (Å²) in [5.41, 5.74) is 4.66. The third-order valence-electron chi connectivity index (χ3n) is 3.83. The average molecular weight is 287 g/mol. The number of carbonyl (C=O) groups is 1. The Labute approximate surface area is 127 Å². The first-order valence-corrected chi connectivity index (χ1v) is 7.08. The van der Waals surface area contributed by atoms with Gasteiger partial charge in [-0.25, -0.2) is 0 Å². The molecule has 4 aromatic rings. The van der Waals surface area contributed by atoms with Gasteiger partial charge in [0.1, 0.15) is 11.2 Å². The van der Waals surface area contributed by atoms with E-state index in [1.54, 1.807) is 0 Å². The van der Waals surface area contributed by atoms with Gasteiger partial charge in [-0.1, -0.05) is 48.5 Å². The summed E-state index contributed by atoms with van der Waals surface area (Å²) in [5, 5.41) is 4.88. The summed E-state index contributed by atoms with van der Waals surface area (Å²) in [6, 6.07) is 21.9.